The van der Waals surface area contributed by atoms with E-state index >= 15 is 0 Å². The highest BCUT2D eigenvalue weighted by molar-refractivity contribution is 6.01. The van der Waals surface area contributed by atoms with E-state index in [0.29, 0.717) is 24.7 Å². The molecule has 1 aromatic carbocycles. The van der Waals surface area contributed by atoms with Gasteiger partial charge in [-0.15, -0.1) is 0 Å². The van der Waals surface area contributed by atoms with Crippen LogP contribution in [-0.2, 0) is 4.79 Å². The van der Waals surface area contributed by atoms with Crippen molar-refractivity contribution in [3.8, 4) is 11.5 Å². The summed E-state index contributed by atoms with van der Waals surface area (Å²) in [7, 11) is 1.59. The van der Waals surface area contributed by atoms with Crippen molar-refractivity contribution in [3.05, 3.63) is 23.8 Å². The number of likely N-dealkylation sites (N-methyl/N-ethyl adjacent to an activating group) is 1. The van der Waals surface area contributed by atoms with E-state index in [9.17, 15) is 9.59 Å². The van der Waals surface area contributed by atoms with E-state index in [1.807, 2.05) is 6.07 Å². The number of hydrogen-bond donors (Lipinski definition) is 1. The Morgan fingerprint density at radius 3 is 2.62 bits per heavy atom. The summed E-state index contributed by atoms with van der Waals surface area (Å²) >= 11 is 0. The van der Waals surface area contributed by atoms with Crippen molar-refractivity contribution in [1.82, 2.24) is 9.80 Å². The lowest BCUT2D eigenvalue weighted by atomic mass is 10.1. The molecule has 7 nitrogen and oxygen atoms in total. The van der Waals surface area contributed by atoms with E-state index in [1.54, 1.807) is 19.2 Å². The van der Waals surface area contributed by atoms with Gasteiger partial charge in [-0.25, -0.2) is 4.79 Å². The molecule has 0 saturated carbocycles. The smallest absolute Gasteiger partial charge is 0.327 e. The van der Waals surface area contributed by atoms with Gasteiger partial charge in [-0.3, -0.25) is 9.69 Å². The van der Waals surface area contributed by atoms with Crippen LogP contribution in [0.5, 0.6) is 11.5 Å². The summed E-state index contributed by atoms with van der Waals surface area (Å²) in [4.78, 5) is 26.2. The minimum atomic E-state index is -0.458. The quantitative estimate of drug-likeness (QED) is 0.812. The summed E-state index contributed by atoms with van der Waals surface area (Å²) in [6.07, 6.45) is 0. The third-order valence-electron chi connectivity index (χ3n) is 3.60. The van der Waals surface area contributed by atoms with E-state index < -0.39 is 6.04 Å². The van der Waals surface area contributed by atoms with Crippen molar-refractivity contribution < 1.29 is 19.1 Å². The Morgan fingerprint density at radius 1 is 1.24 bits per heavy atom. The largest absolute Gasteiger partial charge is 0.486 e. The van der Waals surface area contributed by atoms with E-state index in [0.717, 1.165) is 5.56 Å². The van der Waals surface area contributed by atoms with Crippen molar-refractivity contribution in [3.63, 3.8) is 0 Å². The van der Waals surface area contributed by atoms with Crippen LogP contribution >= 0.6 is 0 Å². The Labute approximate surface area is 122 Å². The number of carbonyl (C=O) groups is 2. The van der Waals surface area contributed by atoms with Crippen LogP contribution in [0.4, 0.5) is 4.79 Å². The lowest BCUT2D eigenvalue weighted by Crippen LogP contribution is -2.37. The molecule has 0 radical (unpaired) electrons. The fraction of sp³-hybridized carbons (Fsp3) is 0.429. The Balaban J connectivity index is 1.75. The van der Waals surface area contributed by atoms with Gasteiger partial charge in [0.15, 0.2) is 11.5 Å². The summed E-state index contributed by atoms with van der Waals surface area (Å²) < 4.78 is 11.0. The number of ether oxygens (including phenoxy) is 2. The molecular weight excluding hydrogens is 274 g/mol. The molecule has 2 aliphatic heterocycles. The Morgan fingerprint density at radius 2 is 1.95 bits per heavy atom. The average Bonchev–Trinajstić information content (AvgIpc) is 2.73. The summed E-state index contributed by atoms with van der Waals surface area (Å²) in [5.41, 5.74) is 6.92. The molecule has 0 spiro atoms. The molecule has 1 atom stereocenters. The highest BCUT2D eigenvalue weighted by Gasteiger charge is 2.34. The molecule has 0 bridgehead atoms. The summed E-state index contributed by atoms with van der Waals surface area (Å²) in [5.74, 6) is 1.10. The average molecular weight is 291 g/mol. The van der Waals surface area contributed by atoms with Gasteiger partial charge >= 0.3 is 6.03 Å². The number of fused-ring (bicyclic) bond motifs is 1. The highest BCUT2D eigenvalue weighted by atomic mass is 16.6. The van der Waals surface area contributed by atoms with Gasteiger partial charge in [0.25, 0.3) is 0 Å². The second-order valence-electron chi connectivity index (χ2n) is 5.15. The van der Waals surface area contributed by atoms with Crippen LogP contribution in [-0.4, -0.2) is 55.1 Å². The number of imide groups is 1. The van der Waals surface area contributed by atoms with E-state index in [4.69, 9.17) is 15.2 Å². The van der Waals surface area contributed by atoms with Crippen molar-refractivity contribution in [2.75, 3.05) is 33.4 Å². The molecule has 7 heteroatoms. The normalized spacial score (nSPS) is 19.1. The number of hydrogen-bond acceptors (Lipinski definition) is 5. The molecule has 1 saturated heterocycles. The summed E-state index contributed by atoms with van der Waals surface area (Å²) in [6, 6.07) is 4.65. The zero-order chi connectivity index (χ0) is 15.0. The van der Waals surface area contributed by atoms with Crippen molar-refractivity contribution in [2.45, 2.75) is 6.04 Å². The fourth-order valence-electron chi connectivity index (χ4n) is 2.44. The number of carbonyl (C=O) groups excluding carboxylic acids is 2. The molecule has 3 rings (SSSR count). The van der Waals surface area contributed by atoms with Crippen LogP contribution in [0.1, 0.15) is 11.6 Å². The van der Waals surface area contributed by atoms with Gasteiger partial charge in [-0.1, -0.05) is 6.07 Å². The molecule has 2 heterocycles. The third-order valence-corrected chi connectivity index (χ3v) is 3.60. The molecular formula is C14H17N3O4. The van der Waals surface area contributed by atoms with Crippen molar-refractivity contribution in [2.24, 2.45) is 5.73 Å². The number of urea groups is 1. The first-order valence-electron chi connectivity index (χ1n) is 6.77. The zero-order valence-electron chi connectivity index (χ0n) is 11.7. The van der Waals surface area contributed by atoms with Gasteiger partial charge in [-0.05, 0) is 17.7 Å². The topological polar surface area (TPSA) is 85.1 Å². The number of amides is 3. The fourth-order valence-corrected chi connectivity index (χ4v) is 2.44. The minimum Gasteiger partial charge on any atom is -0.486 e. The maximum Gasteiger partial charge on any atom is 0.327 e. The number of benzene rings is 1. The van der Waals surface area contributed by atoms with Crippen LogP contribution in [0.15, 0.2) is 18.2 Å². The number of nitrogens with two attached hydrogens (primary N) is 1. The molecule has 1 aromatic rings. The van der Waals surface area contributed by atoms with Crippen LogP contribution in [0.25, 0.3) is 0 Å². The first-order chi connectivity index (χ1) is 10.1. The van der Waals surface area contributed by atoms with E-state index in [2.05, 4.69) is 0 Å². The maximum atomic E-state index is 11.8. The molecule has 1 fully saturated rings. The molecule has 21 heavy (non-hydrogen) atoms. The zero-order valence-corrected chi connectivity index (χ0v) is 11.7. The van der Waals surface area contributed by atoms with Crippen molar-refractivity contribution >= 4 is 11.9 Å². The number of nitrogens with zero attached hydrogens (tertiary/aromatic N) is 2. The number of rotatable bonds is 3. The molecule has 112 valence electrons. The van der Waals surface area contributed by atoms with Gasteiger partial charge in [-0.2, -0.15) is 0 Å². The molecule has 2 aliphatic rings. The standard InChI is InChI=1S/C14H17N3O4/c1-16-8-13(18)17(14(16)19)7-10(15)9-2-3-11-12(6-9)21-5-4-20-11/h2-3,6,10H,4-5,7-8,15H2,1H3. The molecule has 2 N–H and O–H groups in total. The molecule has 3 amide bonds. The van der Waals surface area contributed by atoms with Crippen LogP contribution in [0.3, 0.4) is 0 Å². The predicted octanol–water partition coefficient (Wildman–Crippen LogP) is 0.352. The monoisotopic (exact) mass is 291 g/mol. The van der Waals surface area contributed by atoms with Crippen LogP contribution < -0.4 is 15.2 Å². The van der Waals surface area contributed by atoms with Gasteiger partial charge in [0.05, 0.1) is 0 Å². The predicted molar refractivity (Wildman–Crippen MR) is 74.1 cm³/mol. The van der Waals surface area contributed by atoms with Gasteiger partial charge in [0, 0.05) is 19.6 Å². The second kappa shape index (κ2) is 5.25. The van der Waals surface area contributed by atoms with Crippen LogP contribution in [0, 0.1) is 0 Å². The second-order valence-corrected chi connectivity index (χ2v) is 5.15. The summed E-state index contributed by atoms with van der Waals surface area (Å²) in [5, 5.41) is 0. The highest BCUT2D eigenvalue weighted by Crippen LogP contribution is 2.32. The van der Waals surface area contributed by atoms with E-state index in [-0.39, 0.29) is 25.0 Å². The molecule has 0 aliphatic carbocycles. The maximum absolute atomic E-state index is 11.8. The Kier molecular flexibility index (Phi) is 3.42. The first-order valence-corrected chi connectivity index (χ1v) is 6.77. The molecule has 1 unspecified atom stereocenters. The lowest BCUT2D eigenvalue weighted by molar-refractivity contribution is -0.125. The molecule has 0 aromatic heterocycles. The first kappa shape index (κ1) is 13.7. The third kappa shape index (κ3) is 2.52. The SMILES string of the molecule is CN1CC(=O)N(CC(N)c2ccc3c(c2)OCCO3)C1=O. The Bertz CT molecular complexity index is 590. The van der Waals surface area contributed by atoms with Crippen LogP contribution in [0.2, 0.25) is 0 Å². The van der Waals surface area contributed by atoms with Gasteiger partial charge in [0.1, 0.15) is 19.8 Å². The minimum absolute atomic E-state index is 0.104. The van der Waals surface area contributed by atoms with Gasteiger partial charge < -0.3 is 20.1 Å². The summed E-state index contributed by atoms with van der Waals surface area (Å²) in [6.45, 7) is 1.29. The van der Waals surface area contributed by atoms with Gasteiger partial charge in [0.2, 0.25) is 5.91 Å². The van der Waals surface area contributed by atoms with E-state index in [1.165, 1.54) is 9.80 Å². The lowest BCUT2D eigenvalue weighted by Gasteiger charge is -2.22. The Hall–Kier alpha value is -2.28. The van der Waals surface area contributed by atoms with Crippen molar-refractivity contribution in [1.29, 1.82) is 0 Å².